The highest BCUT2D eigenvalue weighted by atomic mass is 16.5. The van der Waals surface area contributed by atoms with E-state index in [1.54, 1.807) is 26.2 Å². The van der Waals surface area contributed by atoms with Gasteiger partial charge in [0.15, 0.2) is 0 Å². The number of carbonyl (C=O) groups is 3. The summed E-state index contributed by atoms with van der Waals surface area (Å²) in [5, 5.41) is 5.47. The number of nitrogens with one attached hydrogen (secondary N) is 2. The summed E-state index contributed by atoms with van der Waals surface area (Å²) < 4.78 is 5.10. The van der Waals surface area contributed by atoms with E-state index >= 15 is 0 Å². The van der Waals surface area contributed by atoms with E-state index in [1.807, 2.05) is 42.5 Å². The summed E-state index contributed by atoms with van der Waals surface area (Å²) in [6.45, 7) is 1.70. The fourth-order valence-electron chi connectivity index (χ4n) is 3.24. The van der Waals surface area contributed by atoms with E-state index in [4.69, 9.17) is 4.74 Å². The van der Waals surface area contributed by atoms with Crippen molar-refractivity contribution in [2.45, 2.75) is 31.8 Å². The van der Waals surface area contributed by atoms with Gasteiger partial charge < -0.3 is 15.4 Å². The average Bonchev–Trinajstić information content (AvgIpc) is 2.95. The number of nitrogens with zero attached hydrogens (tertiary/aromatic N) is 1. The van der Waals surface area contributed by atoms with Crippen LogP contribution >= 0.6 is 0 Å². The molecule has 1 atom stereocenters. The van der Waals surface area contributed by atoms with E-state index in [0.717, 1.165) is 21.8 Å². The van der Waals surface area contributed by atoms with Crippen LogP contribution in [0.5, 0.6) is 5.75 Å². The van der Waals surface area contributed by atoms with Gasteiger partial charge in [-0.05, 0) is 43.0 Å². The molecule has 0 aliphatic carbocycles. The Morgan fingerprint density at radius 3 is 2.41 bits per heavy atom. The molecular weight excluding hydrogens is 370 g/mol. The first-order valence-corrected chi connectivity index (χ1v) is 9.49. The molecule has 0 saturated carbocycles. The van der Waals surface area contributed by atoms with Crippen LogP contribution < -0.4 is 15.4 Å². The maximum atomic E-state index is 12.8. The first-order valence-electron chi connectivity index (χ1n) is 9.49. The molecule has 1 heterocycles. The Kier molecular flexibility index (Phi) is 6.16. The Labute approximate surface area is 170 Å². The molecule has 3 rings (SSSR count). The second-order valence-corrected chi connectivity index (χ2v) is 7.26. The maximum Gasteiger partial charge on any atom is 0.325 e. The molecule has 1 saturated heterocycles. The molecule has 1 aliphatic heterocycles. The lowest BCUT2D eigenvalue weighted by atomic mass is 9.93. The van der Waals surface area contributed by atoms with Gasteiger partial charge in [0.05, 0.1) is 7.11 Å². The van der Waals surface area contributed by atoms with Crippen molar-refractivity contribution >= 4 is 17.8 Å². The number of methoxy groups -OCH3 is 1. The zero-order valence-electron chi connectivity index (χ0n) is 16.6. The highest BCUT2D eigenvalue weighted by molar-refractivity contribution is 6.08. The second kappa shape index (κ2) is 8.77. The molecule has 0 bridgehead atoms. The van der Waals surface area contributed by atoms with Gasteiger partial charge in [-0.15, -0.1) is 0 Å². The molecule has 0 aromatic heterocycles. The highest BCUT2D eigenvalue weighted by Crippen LogP contribution is 2.23. The van der Waals surface area contributed by atoms with E-state index in [9.17, 15) is 14.4 Å². The van der Waals surface area contributed by atoms with Crippen LogP contribution in [-0.2, 0) is 22.6 Å². The van der Waals surface area contributed by atoms with Gasteiger partial charge in [0.25, 0.3) is 5.91 Å². The molecule has 1 aliphatic rings. The van der Waals surface area contributed by atoms with Gasteiger partial charge in [0.1, 0.15) is 17.8 Å². The van der Waals surface area contributed by atoms with E-state index < -0.39 is 17.5 Å². The first-order chi connectivity index (χ1) is 13.9. The van der Waals surface area contributed by atoms with Crippen LogP contribution in [0.2, 0.25) is 0 Å². The number of ether oxygens (including phenoxy) is 1. The van der Waals surface area contributed by atoms with Gasteiger partial charge in [-0.3, -0.25) is 14.5 Å². The Hall–Kier alpha value is -3.35. The van der Waals surface area contributed by atoms with Crippen molar-refractivity contribution in [1.29, 1.82) is 0 Å². The molecule has 0 unspecified atom stereocenters. The molecule has 2 aromatic rings. The van der Waals surface area contributed by atoms with Crippen LogP contribution in [0.25, 0.3) is 0 Å². The van der Waals surface area contributed by atoms with E-state index in [2.05, 4.69) is 10.6 Å². The van der Waals surface area contributed by atoms with E-state index in [1.165, 1.54) is 0 Å². The van der Waals surface area contributed by atoms with Gasteiger partial charge in [0, 0.05) is 6.54 Å². The number of amides is 4. The first kappa shape index (κ1) is 20.4. The fourth-order valence-corrected chi connectivity index (χ4v) is 3.24. The number of hydrogen-bond donors (Lipinski definition) is 2. The number of rotatable bonds is 8. The monoisotopic (exact) mass is 395 g/mol. The van der Waals surface area contributed by atoms with Crippen LogP contribution in [-0.4, -0.2) is 41.9 Å². The molecule has 152 valence electrons. The topological polar surface area (TPSA) is 87.7 Å². The Bertz CT molecular complexity index is 883. The fraction of sp³-hybridized carbons (Fsp3) is 0.318. The van der Waals surface area contributed by atoms with Crippen LogP contribution in [0.3, 0.4) is 0 Å². The van der Waals surface area contributed by atoms with Crippen molar-refractivity contribution in [3.8, 4) is 5.75 Å². The van der Waals surface area contributed by atoms with Gasteiger partial charge in [0.2, 0.25) is 5.91 Å². The molecule has 0 radical (unpaired) electrons. The van der Waals surface area contributed by atoms with Crippen molar-refractivity contribution in [2.75, 3.05) is 13.7 Å². The van der Waals surface area contributed by atoms with Crippen molar-refractivity contribution in [3.63, 3.8) is 0 Å². The zero-order chi connectivity index (χ0) is 20.9. The van der Waals surface area contributed by atoms with Crippen molar-refractivity contribution in [3.05, 3.63) is 65.7 Å². The van der Waals surface area contributed by atoms with E-state index in [0.29, 0.717) is 19.4 Å². The number of hydrogen-bond acceptors (Lipinski definition) is 4. The normalized spacial score (nSPS) is 18.5. The second-order valence-electron chi connectivity index (χ2n) is 7.26. The van der Waals surface area contributed by atoms with E-state index in [-0.39, 0.29) is 12.5 Å². The third-order valence-corrected chi connectivity index (χ3v) is 5.05. The molecule has 7 heteroatoms. The molecule has 29 heavy (non-hydrogen) atoms. The lowest BCUT2D eigenvalue weighted by Crippen LogP contribution is -2.45. The van der Waals surface area contributed by atoms with Gasteiger partial charge >= 0.3 is 6.03 Å². The SMILES string of the molecule is COc1ccc(CNC(=O)CN2C(=O)N[C@@](C)(CCc3ccccc3)C2=O)cc1. The van der Waals surface area contributed by atoms with Crippen LogP contribution in [0.15, 0.2) is 54.6 Å². The predicted molar refractivity (Wildman–Crippen MR) is 108 cm³/mol. The molecule has 1 fully saturated rings. The number of imide groups is 1. The minimum absolute atomic E-state index is 0.303. The summed E-state index contributed by atoms with van der Waals surface area (Å²) in [6, 6.07) is 16.5. The number of urea groups is 1. The quantitative estimate of drug-likeness (QED) is 0.671. The third kappa shape index (κ3) is 4.93. The minimum Gasteiger partial charge on any atom is -0.497 e. The molecule has 2 N–H and O–H groups in total. The molecule has 7 nitrogen and oxygen atoms in total. The summed E-state index contributed by atoms with van der Waals surface area (Å²) in [5.74, 6) is -0.0381. The Morgan fingerprint density at radius 2 is 1.76 bits per heavy atom. The zero-order valence-corrected chi connectivity index (χ0v) is 16.6. The summed E-state index contributed by atoms with van der Waals surface area (Å²) >= 11 is 0. The van der Waals surface area contributed by atoms with Crippen molar-refractivity contribution in [1.82, 2.24) is 15.5 Å². The summed E-state index contributed by atoms with van der Waals surface area (Å²) in [7, 11) is 1.59. The number of aryl methyl sites for hydroxylation is 1. The molecule has 0 spiro atoms. The predicted octanol–water partition coefficient (Wildman–Crippen LogP) is 2.25. The Balaban J connectivity index is 1.53. The van der Waals surface area contributed by atoms with Crippen LogP contribution in [0.4, 0.5) is 4.79 Å². The van der Waals surface area contributed by atoms with Crippen LogP contribution in [0, 0.1) is 0 Å². The standard InChI is InChI=1S/C22H25N3O4/c1-22(13-12-16-6-4-3-5-7-16)20(27)25(21(28)24-22)15-19(26)23-14-17-8-10-18(29-2)11-9-17/h3-11H,12-15H2,1-2H3,(H,23,26)(H,24,28)/t22-/m0/s1. The number of benzene rings is 2. The highest BCUT2D eigenvalue weighted by Gasteiger charge is 2.47. The largest absolute Gasteiger partial charge is 0.497 e. The number of carbonyl (C=O) groups excluding carboxylic acids is 3. The van der Waals surface area contributed by atoms with Gasteiger partial charge in [-0.2, -0.15) is 0 Å². The van der Waals surface area contributed by atoms with Gasteiger partial charge in [-0.1, -0.05) is 42.5 Å². The summed E-state index contributed by atoms with van der Waals surface area (Å²) in [4.78, 5) is 38.3. The maximum absolute atomic E-state index is 12.8. The van der Waals surface area contributed by atoms with Crippen molar-refractivity contribution < 1.29 is 19.1 Å². The lowest BCUT2D eigenvalue weighted by molar-refractivity contribution is -0.134. The summed E-state index contributed by atoms with van der Waals surface area (Å²) in [6.07, 6.45) is 1.12. The minimum atomic E-state index is -1.01. The molecular formula is C22H25N3O4. The average molecular weight is 395 g/mol. The smallest absolute Gasteiger partial charge is 0.325 e. The summed E-state index contributed by atoms with van der Waals surface area (Å²) in [5.41, 5.74) is 0.971. The molecule has 4 amide bonds. The van der Waals surface area contributed by atoms with Crippen molar-refractivity contribution in [2.24, 2.45) is 0 Å². The van der Waals surface area contributed by atoms with Gasteiger partial charge in [-0.25, -0.2) is 4.79 Å². The third-order valence-electron chi connectivity index (χ3n) is 5.05. The Morgan fingerprint density at radius 1 is 1.07 bits per heavy atom. The van der Waals surface area contributed by atoms with Crippen LogP contribution in [0.1, 0.15) is 24.5 Å². The molecule has 2 aromatic carbocycles. The lowest BCUT2D eigenvalue weighted by Gasteiger charge is -2.21.